The van der Waals surface area contributed by atoms with Crippen LogP contribution in [0.25, 0.3) is 5.57 Å². The number of carbonyl (C=O) groups excluding carboxylic acids is 2. The van der Waals surface area contributed by atoms with Crippen molar-refractivity contribution in [3.05, 3.63) is 94.7 Å². The van der Waals surface area contributed by atoms with Crippen molar-refractivity contribution in [2.24, 2.45) is 0 Å². The molecular weight excluding hydrogens is 426 g/mol. The van der Waals surface area contributed by atoms with Gasteiger partial charge in [0.15, 0.2) is 11.6 Å². The van der Waals surface area contributed by atoms with Gasteiger partial charge in [0.05, 0.1) is 17.9 Å². The molecule has 0 unspecified atom stereocenters. The minimum Gasteiger partial charge on any atom is -0.494 e. The Hall–Kier alpha value is -4.00. The Morgan fingerprint density at radius 3 is 2.21 bits per heavy atom. The molecule has 0 fully saturated rings. The van der Waals surface area contributed by atoms with E-state index in [0.29, 0.717) is 23.6 Å². The van der Waals surface area contributed by atoms with E-state index in [1.54, 1.807) is 36.4 Å². The Morgan fingerprint density at radius 2 is 1.58 bits per heavy atom. The Balaban J connectivity index is 1.80. The van der Waals surface area contributed by atoms with Crippen LogP contribution < -0.4 is 15.0 Å². The molecule has 1 aliphatic rings. The van der Waals surface area contributed by atoms with Crippen LogP contribution >= 0.6 is 0 Å². The first-order valence-electron chi connectivity index (χ1n) is 10.5. The Labute approximate surface area is 190 Å². The van der Waals surface area contributed by atoms with Crippen LogP contribution in [0.3, 0.4) is 0 Å². The summed E-state index contributed by atoms with van der Waals surface area (Å²) >= 11 is 0. The van der Waals surface area contributed by atoms with E-state index >= 15 is 0 Å². The lowest BCUT2D eigenvalue weighted by Gasteiger charge is -2.17. The number of hydrogen-bond acceptors (Lipinski definition) is 4. The molecule has 1 aliphatic heterocycles. The molecule has 3 aromatic rings. The van der Waals surface area contributed by atoms with E-state index in [1.165, 1.54) is 6.07 Å². The maximum Gasteiger partial charge on any atom is 0.282 e. The number of amides is 2. The first-order chi connectivity index (χ1) is 15.8. The van der Waals surface area contributed by atoms with Gasteiger partial charge in [0.1, 0.15) is 11.4 Å². The van der Waals surface area contributed by atoms with Gasteiger partial charge in [-0.2, -0.15) is 0 Å². The van der Waals surface area contributed by atoms with E-state index in [1.807, 2.05) is 26.8 Å². The summed E-state index contributed by atoms with van der Waals surface area (Å²) in [5.74, 6) is -2.55. The van der Waals surface area contributed by atoms with Crippen molar-refractivity contribution >= 4 is 28.8 Å². The fraction of sp³-hybridized carbons (Fsp3) is 0.154. The summed E-state index contributed by atoms with van der Waals surface area (Å²) in [6, 6.07) is 15.3. The monoisotopic (exact) mass is 448 g/mol. The summed E-state index contributed by atoms with van der Waals surface area (Å²) < 4.78 is 32.6. The summed E-state index contributed by atoms with van der Waals surface area (Å²) in [4.78, 5) is 28.0. The highest BCUT2D eigenvalue weighted by Gasteiger charge is 2.40. The van der Waals surface area contributed by atoms with Gasteiger partial charge >= 0.3 is 0 Å². The fourth-order valence-electron chi connectivity index (χ4n) is 3.62. The quantitative estimate of drug-likeness (QED) is 0.515. The highest BCUT2D eigenvalue weighted by atomic mass is 19.2. The molecule has 0 aromatic heterocycles. The molecule has 2 amide bonds. The lowest BCUT2D eigenvalue weighted by Crippen LogP contribution is -2.32. The summed E-state index contributed by atoms with van der Waals surface area (Å²) in [7, 11) is 0. The van der Waals surface area contributed by atoms with Crippen LogP contribution in [-0.4, -0.2) is 18.4 Å². The second kappa shape index (κ2) is 8.86. The van der Waals surface area contributed by atoms with Crippen LogP contribution in [0.4, 0.5) is 20.2 Å². The summed E-state index contributed by atoms with van der Waals surface area (Å²) in [5.41, 5.74) is 3.14. The molecule has 1 N–H and O–H groups in total. The third-order valence-corrected chi connectivity index (χ3v) is 5.48. The first-order valence-corrected chi connectivity index (χ1v) is 10.5. The van der Waals surface area contributed by atoms with Gasteiger partial charge in [-0.3, -0.25) is 9.59 Å². The number of nitrogens with zero attached hydrogens (tertiary/aromatic N) is 1. The Kier molecular flexibility index (Phi) is 5.96. The van der Waals surface area contributed by atoms with Gasteiger partial charge in [-0.05, 0) is 73.9 Å². The van der Waals surface area contributed by atoms with Gasteiger partial charge in [-0.15, -0.1) is 0 Å². The maximum atomic E-state index is 13.8. The molecule has 0 bridgehead atoms. The zero-order valence-corrected chi connectivity index (χ0v) is 18.4. The van der Waals surface area contributed by atoms with Gasteiger partial charge in [-0.1, -0.05) is 18.2 Å². The van der Waals surface area contributed by atoms with Crippen molar-refractivity contribution in [3.63, 3.8) is 0 Å². The van der Waals surface area contributed by atoms with Crippen LogP contribution in [0, 0.1) is 25.5 Å². The minimum absolute atomic E-state index is 0.0200. The highest BCUT2D eigenvalue weighted by molar-refractivity contribution is 6.46. The number of anilines is 2. The third-order valence-electron chi connectivity index (χ3n) is 5.48. The molecule has 1 heterocycles. The molecule has 0 spiro atoms. The zero-order chi connectivity index (χ0) is 23.7. The Bertz CT molecular complexity index is 1280. The molecule has 0 saturated carbocycles. The lowest BCUT2D eigenvalue weighted by atomic mass is 10.0. The molecule has 3 aromatic carbocycles. The smallest absolute Gasteiger partial charge is 0.282 e. The Morgan fingerprint density at radius 1 is 0.848 bits per heavy atom. The van der Waals surface area contributed by atoms with Gasteiger partial charge < -0.3 is 10.1 Å². The van der Waals surface area contributed by atoms with Crippen LogP contribution in [0.5, 0.6) is 5.75 Å². The number of hydrogen-bond donors (Lipinski definition) is 1. The standard InChI is InChI=1S/C26H22F2N2O3/c1-4-33-20-10-6-17(7-11-20)23-24(29-18-8-12-21(27)22(28)14-18)26(32)30(25(23)31)19-9-5-15(2)16(3)13-19/h5-14,29H,4H2,1-3H3. The summed E-state index contributed by atoms with van der Waals surface area (Å²) in [5, 5.41) is 2.83. The predicted octanol–water partition coefficient (Wildman–Crippen LogP) is 5.38. The van der Waals surface area contributed by atoms with E-state index in [4.69, 9.17) is 4.74 Å². The average Bonchev–Trinajstić information content (AvgIpc) is 3.03. The minimum atomic E-state index is -1.06. The van der Waals surface area contributed by atoms with Crippen molar-refractivity contribution in [1.82, 2.24) is 0 Å². The molecule has 33 heavy (non-hydrogen) atoms. The summed E-state index contributed by atoms with van der Waals surface area (Å²) in [6.45, 7) is 6.18. The molecule has 7 heteroatoms. The van der Waals surface area contributed by atoms with Crippen LogP contribution in [0.15, 0.2) is 66.4 Å². The van der Waals surface area contributed by atoms with E-state index in [0.717, 1.165) is 28.2 Å². The lowest BCUT2D eigenvalue weighted by molar-refractivity contribution is -0.120. The number of benzene rings is 3. The fourth-order valence-corrected chi connectivity index (χ4v) is 3.62. The van der Waals surface area contributed by atoms with Crippen LogP contribution in [0.2, 0.25) is 0 Å². The van der Waals surface area contributed by atoms with Gasteiger partial charge in [-0.25, -0.2) is 13.7 Å². The number of aryl methyl sites for hydroxylation is 2. The van der Waals surface area contributed by atoms with Gasteiger partial charge in [0, 0.05) is 11.8 Å². The maximum absolute atomic E-state index is 13.8. The molecule has 4 rings (SSSR count). The topological polar surface area (TPSA) is 58.6 Å². The number of rotatable bonds is 6. The normalized spacial score (nSPS) is 13.7. The number of halogens is 2. The first kappa shape index (κ1) is 22.2. The van der Waals surface area contributed by atoms with Crippen LogP contribution in [0.1, 0.15) is 23.6 Å². The summed E-state index contributed by atoms with van der Waals surface area (Å²) in [6.07, 6.45) is 0. The number of ether oxygens (including phenoxy) is 1. The molecule has 0 aliphatic carbocycles. The van der Waals surface area contributed by atoms with E-state index < -0.39 is 23.4 Å². The second-order valence-electron chi connectivity index (χ2n) is 7.68. The highest BCUT2D eigenvalue weighted by Crippen LogP contribution is 2.35. The van der Waals surface area contributed by atoms with Gasteiger partial charge in [0.2, 0.25) is 0 Å². The molecule has 0 saturated heterocycles. The number of nitrogens with one attached hydrogen (secondary N) is 1. The molecule has 5 nitrogen and oxygen atoms in total. The van der Waals surface area contributed by atoms with Gasteiger partial charge in [0.25, 0.3) is 11.8 Å². The predicted molar refractivity (Wildman–Crippen MR) is 123 cm³/mol. The average molecular weight is 448 g/mol. The van der Waals surface area contributed by atoms with Crippen LogP contribution in [-0.2, 0) is 9.59 Å². The van der Waals surface area contributed by atoms with E-state index in [2.05, 4.69) is 5.32 Å². The molecule has 0 radical (unpaired) electrons. The van der Waals surface area contributed by atoms with Crippen molar-refractivity contribution in [2.45, 2.75) is 20.8 Å². The third kappa shape index (κ3) is 4.22. The zero-order valence-electron chi connectivity index (χ0n) is 18.4. The number of carbonyl (C=O) groups is 2. The van der Waals surface area contributed by atoms with Crippen molar-refractivity contribution in [1.29, 1.82) is 0 Å². The van der Waals surface area contributed by atoms with E-state index in [-0.39, 0.29) is 17.0 Å². The van der Waals surface area contributed by atoms with Crippen molar-refractivity contribution in [3.8, 4) is 5.75 Å². The molecule has 0 atom stereocenters. The number of imide groups is 1. The largest absolute Gasteiger partial charge is 0.494 e. The SMILES string of the molecule is CCOc1ccc(C2=C(Nc3ccc(F)c(F)c3)C(=O)N(c3ccc(C)c(C)c3)C2=O)cc1. The molecule has 168 valence electrons. The van der Waals surface area contributed by atoms with Crippen molar-refractivity contribution in [2.75, 3.05) is 16.8 Å². The molecular formula is C26H22F2N2O3. The second-order valence-corrected chi connectivity index (χ2v) is 7.68. The van der Waals surface area contributed by atoms with Crippen molar-refractivity contribution < 1.29 is 23.1 Å². The van der Waals surface area contributed by atoms with E-state index in [9.17, 15) is 18.4 Å².